The van der Waals surface area contributed by atoms with E-state index in [-0.39, 0.29) is 0 Å². The lowest BCUT2D eigenvalue weighted by Gasteiger charge is -2.33. The molecule has 0 fully saturated rings. The van der Waals surface area contributed by atoms with Crippen molar-refractivity contribution in [2.24, 2.45) is 0 Å². The van der Waals surface area contributed by atoms with Gasteiger partial charge in [-0.25, -0.2) is 0 Å². The first kappa shape index (κ1) is 37.5. The molecular weight excluding hydrogens is 618 g/mol. The first-order chi connectivity index (χ1) is 23.5. The predicted molar refractivity (Wildman–Crippen MR) is 202 cm³/mol. The molecule has 2 aromatic carbocycles. The molecular formula is C40H60ClN5O2+2. The van der Waals surface area contributed by atoms with Gasteiger partial charge in [0.25, 0.3) is 11.0 Å². The molecule has 2 aromatic heterocycles. The summed E-state index contributed by atoms with van der Waals surface area (Å²) in [7, 11) is 3.40. The van der Waals surface area contributed by atoms with Gasteiger partial charge in [0.1, 0.15) is 14.2 Å². The average Bonchev–Trinajstić information content (AvgIpc) is 3.09. The van der Waals surface area contributed by atoms with Crippen LogP contribution in [0.15, 0.2) is 60.9 Å². The van der Waals surface area contributed by atoms with E-state index in [1.807, 2.05) is 29.3 Å². The number of hydrogen-bond donors (Lipinski definition) is 2. The summed E-state index contributed by atoms with van der Waals surface area (Å²) >= 11 is 6.36. The number of aromatic nitrogens is 2. The van der Waals surface area contributed by atoms with Gasteiger partial charge in [-0.15, -0.1) is 0 Å². The fourth-order valence-corrected chi connectivity index (χ4v) is 7.01. The Morgan fingerprint density at radius 1 is 0.667 bits per heavy atom. The van der Waals surface area contributed by atoms with Crippen molar-refractivity contribution in [2.75, 3.05) is 51.0 Å². The molecule has 4 rings (SSSR count). The Bertz CT molecular complexity index is 1430. The van der Waals surface area contributed by atoms with Crippen molar-refractivity contribution in [1.29, 1.82) is 0 Å². The van der Waals surface area contributed by atoms with Gasteiger partial charge in [-0.2, -0.15) is 0 Å². The Kier molecular flexibility index (Phi) is 15.9. The first-order valence-electron chi connectivity index (χ1n) is 18.4. The van der Waals surface area contributed by atoms with Crippen LogP contribution in [0.25, 0.3) is 21.8 Å². The maximum Gasteiger partial charge on any atom is 0.268 e. The van der Waals surface area contributed by atoms with Gasteiger partial charge in [-0.3, -0.25) is 14.6 Å². The highest BCUT2D eigenvalue weighted by Gasteiger charge is 2.20. The number of fused-ring (bicyclic) bond motifs is 2. The van der Waals surface area contributed by atoms with Crippen LogP contribution in [0.3, 0.4) is 0 Å². The van der Waals surface area contributed by atoms with Gasteiger partial charge in [0.2, 0.25) is 12.4 Å². The smallest absolute Gasteiger partial charge is 0.268 e. The molecule has 2 N–H and O–H groups in total. The number of nitrogens with zero attached hydrogens (tertiary/aromatic N) is 3. The van der Waals surface area contributed by atoms with Gasteiger partial charge >= 0.3 is 0 Å². The molecule has 0 saturated carbocycles. The third-order valence-corrected chi connectivity index (χ3v) is 9.78. The SMILES string of the molecule is CCCCCCCC(CCCCCCC)N(CCNc1cc[n+](OC)c2cc(C)ccc12)CCNc1cc[n+](OC)c2cc(Cl)ccc12. The molecule has 0 amide bonds. The minimum Gasteiger partial charge on any atom is -0.383 e. The summed E-state index contributed by atoms with van der Waals surface area (Å²) in [6.07, 6.45) is 19.7. The molecule has 0 aliphatic carbocycles. The van der Waals surface area contributed by atoms with Gasteiger partial charge in [0.05, 0.1) is 22.1 Å². The molecule has 0 aliphatic heterocycles. The van der Waals surface area contributed by atoms with Gasteiger partial charge in [-0.05, 0) is 43.5 Å². The number of nitrogens with one attached hydrogen (secondary N) is 2. The van der Waals surface area contributed by atoms with Crippen LogP contribution in [0.4, 0.5) is 11.4 Å². The van der Waals surface area contributed by atoms with Crippen LogP contribution in [-0.2, 0) is 0 Å². The van der Waals surface area contributed by atoms with E-state index < -0.39 is 0 Å². The normalized spacial score (nSPS) is 11.6. The van der Waals surface area contributed by atoms with Crippen LogP contribution in [0, 0.1) is 6.92 Å². The lowest BCUT2D eigenvalue weighted by molar-refractivity contribution is -0.865. The summed E-state index contributed by atoms with van der Waals surface area (Å²) in [5.41, 5.74) is 5.49. The molecule has 0 atom stereocenters. The van der Waals surface area contributed by atoms with E-state index in [0.717, 1.165) is 54.0 Å². The number of aryl methyl sites for hydroxylation is 1. The van der Waals surface area contributed by atoms with Crippen molar-refractivity contribution in [3.63, 3.8) is 0 Å². The standard InChI is InChI=1S/C40H58ClN5O2/c1-6-8-10-12-14-16-34(17-15-13-11-9-7-2)44(28-24-42-37-22-26-45(47-4)39-30-32(3)18-20-35(37)39)29-25-43-38-23-27-46(48-5)40-31-33(41)19-21-36(38)40/h18-23,26-27,30-31,34H,6-17,24-25,28-29H2,1-5H3/p+2. The third kappa shape index (κ3) is 10.9. The summed E-state index contributed by atoms with van der Waals surface area (Å²) in [6.45, 7) is 10.4. The summed E-state index contributed by atoms with van der Waals surface area (Å²) in [4.78, 5) is 13.9. The van der Waals surface area contributed by atoms with Gasteiger partial charge in [0, 0.05) is 71.0 Å². The van der Waals surface area contributed by atoms with Crippen LogP contribution < -0.4 is 29.8 Å². The second-order valence-corrected chi connectivity index (χ2v) is 13.5. The molecule has 2 heterocycles. The van der Waals surface area contributed by atoms with Gasteiger partial charge < -0.3 is 10.6 Å². The molecule has 0 bridgehead atoms. The second kappa shape index (κ2) is 20.3. The average molecular weight is 678 g/mol. The summed E-state index contributed by atoms with van der Waals surface area (Å²) in [5, 5.41) is 10.5. The molecule has 4 aromatic rings. The van der Waals surface area contributed by atoms with Crippen molar-refractivity contribution >= 4 is 44.8 Å². The van der Waals surface area contributed by atoms with E-state index in [9.17, 15) is 0 Å². The molecule has 0 spiro atoms. The molecule has 0 unspecified atom stereocenters. The number of halogens is 1. The zero-order valence-electron chi connectivity index (χ0n) is 30.2. The van der Waals surface area contributed by atoms with E-state index in [1.165, 1.54) is 88.0 Å². The molecule has 0 saturated heterocycles. The van der Waals surface area contributed by atoms with E-state index >= 15 is 0 Å². The van der Waals surface area contributed by atoms with Gasteiger partial charge in [-0.1, -0.05) is 95.7 Å². The number of hydrogen-bond acceptors (Lipinski definition) is 5. The Balaban J connectivity index is 1.51. The number of benzene rings is 2. The predicted octanol–water partition coefficient (Wildman–Crippen LogP) is 8.56. The number of rotatable bonds is 23. The van der Waals surface area contributed by atoms with Crippen LogP contribution >= 0.6 is 11.6 Å². The number of unbranched alkanes of at least 4 members (excludes halogenated alkanes) is 8. The minimum absolute atomic E-state index is 0.574. The topological polar surface area (TPSA) is 53.5 Å². The maximum atomic E-state index is 6.36. The summed E-state index contributed by atoms with van der Waals surface area (Å²) < 4.78 is 3.61. The summed E-state index contributed by atoms with van der Waals surface area (Å²) in [6, 6.07) is 17.3. The Labute approximate surface area is 294 Å². The van der Waals surface area contributed by atoms with Crippen molar-refractivity contribution in [1.82, 2.24) is 4.90 Å². The zero-order chi connectivity index (χ0) is 34.1. The zero-order valence-corrected chi connectivity index (χ0v) is 31.0. The highest BCUT2D eigenvalue weighted by Crippen LogP contribution is 2.25. The van der Waals surface area contributed by atoms with Crippen molar-refractivity contribution in [3.05, 3.63) is 71.5 Å². The Morgan fingerprint density at radius 3 is 1.69 bits per heavy atom. The Hall–Kier alpha value is -3.29. The van der Waals surface area contributed by atoms with Crippen LogP contribution in [0.2, 0.25) is 5.02 Å². The van der Waals surface area contributed by atoms with Crippen LogP contribution in [0.1, 0.15) is 96.5 Å². The molecule has 0 radical (unpaired) electrons. The fraction of sp³-hybridized carbons (Fsp3) is 0.550. The number of pyridine rings is 2. The van der Waals surface area contributed by atoms with E-state index in [1.54, 1.807) is 19.0 Å². The molecule has 262 valence electrons. The monoisotopic (exact) mass is 677 g/mol. The maximum absolute atomic E-state index is 6.36. The van der Waals surface area contributed by atoms with Crippen molar-refractivity contribution in [3.8, 4) is 0 Å². The molecule has 48 heavy (non-hydrogen) atoms. The van der Waals surface area contributed by atoms with Crippen molar-refractivity contribution < 1.29 is 19.1 Å². The summed E-state index contributed by atoms with van der Waals surface area (Å²) in [5.74, 6) is 0. The second-order valence-electron chi connectivity index (χ2n) is 13.1. The first-order valence-corrected chi connectivity index (χ1v) is 18.8. The highest BCUT2D eigenvalue weighted by molar-refractivity contribution is 6.31. The lowest BCUT2D eigenvalue weighted by Crippen LogP contribution is -2.42. The Morgan fingerprint density at radius 2 is 1.17 bits per heavy atom. The van der Waals surface area contributed by atoms with E-state index in [4.69, 9.17) is 21.3 Å². The van der Waals surface area contributed by atoms with Gasteiger partial charge in [0.15, 0.2) is 0 Å². The van der Waals surface area contributed by atoms with Crippen LogP contribution in [0.5, 0.6) is 0 Å². The van der Waals surface area contributed by atoms with Crippen molar-refractivity contribution in [2.45, 2.75) is 104 Å². The largest absolute Gasteiger partial charge is 0.383 e. The van der Waals surface area contributed by atoms with E-state index in [2.05, 4.69) is 72.7 Å². The fourth-order valence-electron chi connectivity index (χ4n) is 6.84. The molecule has 8 heteroatoms. The molecule has 0 aliphatic rings. The highest BCUT2D eigenvalue weighted by atomic mass is 35.5. The third-order valence-electron chi connectivity index (χ3n) is 9.54. The van der Waals surface area contributed by atoms with E-state index in [0.29, 0.717) is 11.1 Å². The quantitative estimate of drug-likeness (QED) is 0.0609. The minimum atomic E-state index is 0.574. The lowest BCUT2D eigenvalue weighted by atomic mass is 9.99. The number of anilines is 2. The molecule has 7 nitrogen and oxygen atoms in total. The van der Waals surface area contributed by atoms with Crippen LogP contribution in [-0.4, -0.2) is 51.3 Å².